The van der Waals surface area contributed by atoms with Crippen molar-refractivity contribution in [3.8, 4) is 17.6 Å². The number of rotatable bonds is 9. The molecule has 1 aliphatic carbocycles. The second-order valence-electron chi connectivity index (χ2n) is 11.4. The summed E-state index contributed by atoms with van der Waals surface area (Å²) in [5, 5.41) is 16.7. The number of carbonyl (C=O) groups is 3. The fraction of sp³-hybridized carbons (Fsp3) is 0.645. The molecular formula is C31H45ClN4O5. The van der Waals surface area contributed by atoms with E-state index in [9.17, 15) is 19.5 Å². The zero-order valence-corrected chi connectivity index (χ0v) is 25.2. The van der Waals surface area contributed by atoms with Crippen LogP contribution in [-0.2, 0) is 9.59 Å². The third kappa shape index (κ3) is 7.94. The predicted molar refractivity (Wildman–Crippen MR) is 160 cm³/mol. The van der Waals surface area contributed by atoms with Gasteiger partial charge in [0.05, 0.1) is 12.1 Å². The number of hydrogen-bond donors (Lipinski definition) is 3. The first-order valence-electron chi connectivity index (χ1n) is 14.8. The van der Waals surface area contributed by atoms with Gasteiger partial charge < -0.3 is 25.4 Å². The molecule has 1 spiro atoms. The van der Waals surface area contributed by atoms with E-state index < -0.39 is 17.2 Å². The number of hydrogen-bond acceptors (Lipinski definition) is 6. The van der Waals surface area contributed by atoms with Crippen molar-refractivity contribution in [2.45, 2.75) is 88.3 Å². The van der Waals surface area contributed by atoms with Gasteiger partial charge in [-0.2, -0.15) is 0 Å². The van der Waals surface area contributed by atoms with E-state index in [0.29, 0.717) is 69.6 Å². The van der Waals surface area contributed by atoms with Gasteiger partial charge in [-0.1, -0.05) is 44.4 Å². The molecule has 0 aromatic heterocycles. The lowest BCUT2D eigenvalue weighted by Crippen LogP contribution is -2.73. The minimum Gasteiger partial charge on any atom is -0.481 e. The third-order valence-electron chi connectivity index (χ3n) is 8.68. The Morgan fingerprint density at radius 2 is 1.78 bits per heavy atom. The molecule has 3 amide bonds. The number of benzene rings is 1. The Kier molecular flexibility index (Phi) is 11.9. The number of amides is 3. The van der Waals surface area contributed by atoms with Crippen molar-refractivity contribution in [2.24, 2.45) is 0 Å². The number of piperidine rings is 1. The van der Waals surface area contributed by atoms with Crippen LogP contribution in [0.2, 0.25) is 0 Å². The number of carbonyl (C=O) groups excluding carboxylic acids is 3. The highest BCUT2D eigenvalue weighted by Crippen LogP contribution is 2.37. The molecule has 4 rings (SSSR count). The van der Waals surface area contributed by atoms with E-state index in [-0.39, 0.29) is 36.7 Å². The molecule has 1 aromatic carbocycles. The van der Waals surface area contributed by atoms with E-state index >= 15 is 0 Å². The molecule has 0 bridgehead atoms. The first kappa shape index (κ1) is 32.7. The van der Waals surface area contributed by atoms with Crippen molar-refractivity contribution in [1.29, 1.82) is 0 Å². The molecule has 226 valence electrons. The van der Waals surface area contributed by atoms with Gasteiger partial charge >= 0.3 is 0 Å². The van der Waals surface area contributed by atoms with E-state index in [1.165, 1.54) is 0 Å². The molecule has 1 aromatic rings. The fourth-order valence-corrected chi connectivity index (χ4v) is 6.21. The summed E-state index contributed by atoms with van der Waals surface area (Å²) < 4.78 is 5.66. The quantitative estimate of drug-likeness (QED) is 0.383. The Balaban J connectivity index is 0.00000462. The molecule has 9 nitrogen and oxygen atoms in total. The molecule has 3 fully saturated rings. The van der Waals surface area contributed by atoms with Crippen molar-refractivity contribution in [3.63, 3.8) is 0 Å². The molecule has 2 aliphatic heterocycles. The molecule has 0 radical (unpaired) electrons. The van der Waals surface area contributed by atoms with Crippen LogP contribution in [0.1, 0.15) is 81.5 Å². The fourth-order valence-electron chi connectivity index (χ4n) is 6.21. The summed E-state index contributed by atoms with van der Waals surface area (Å²) in [4.78, 5) is 43.0. The zero-order valence-electron chi connectivity index (χ0n) is 24.4. The first-order chi connectivity index (χ1) is 19.3. The van der Waals surface area contributed by atoms with Crippen molar-refractivity contribution in [1.82, 2.24) is 20.4 Å². The second kappa shape index (κ2) is 14.9. The van der Waals surface area contributed by atoms with Crippen LogP contribution in [-0.4, -0.2) is 89.6 Å². The largest absolute Gasteiger partial charge is 0.481 e. The van der Waals surface area contributed by atoms with Gasteiger partial charge in [-0.15, -0.1) is 12.4 Å². The summed E-state index contributed by atoms with van der Waals surface area (Å²) in [5.74, 6) is 6.59. The van der Waals surface area contributed by atoms with Gasteiger partial charge in [-0.25, -0.2) is 0 Å². The number of aliphatic hydroxyl groups is 1. The standard InChI is InChI=1S/C31H44N4O5.ClH/c1-3-4-19-35-28(37)26(23-30(39)14-6-5-7-15-30)33-29(38)31(35)16-20-34(21-17-31)18-8-9-22-40-25-12-10-24(11-13-25)27(36)32-2;/h10-13,26,39H,3-7,14-23H2,1-2H3,(H,32,36)(H,33,38);1H/t26-;/m1./s1. The molecule has 0 unspecified atom stereocenters. The maximum atomic E-state index is 13.7. The monoisotopic (exact) mass is 588 g/mol. The lowest BCUT2D eigenvalue weighted by molar-refractivity contribution is -0.163. The lowest BCUT2D eigenvalue weighted by atomic mass is 9.77. The highest BCUT2D eigenvalue weighted by Gasteiger charge is 2.54. The van der Waals surface area contributed by atoms with Crippen molar-refractivity contribution >= 4 is 30.1 Å². The van der Waals surface area contributed by atoms with Gasteiger partial charge in [0.1, 0.15) is 23.9 Å². The Morgan fingerprint density at radius 1 is 1.10 bits per heavy atom. The van der Waals surface area contributed by atoms with Crippen LogP contribution in [0.5, 0.6) is 5.75 Å². The summed E-state index contributed by atoms with van der Waals surface area (Å²) in [7, 11) is 1.59. The van der Waals surface area contributed by atoms with Gasteiger partial charge in [-0.05, 0) is 56.4 Å². The van der Waals surface area contributed by atoms with Crippen LogP contribution in [0.15, 0.2) is 24.3 Å². The Bertz CT molecular complexity index is 1100. The molecule has 1 atom stereocenters. The molecule has 2 heterocycles. The van der Waals surface area contributed by atoms with Gasteiger partial charge in [0.25, 0.3) is 5.91 Å². The summed E-state index contributed by atoms with van der Waals surface area (Å²) in [5.41, 5.74) is -1.12. The van der Waals surface area contributed by atoms with Crippen molar-refractivity contribution in [3.05, 3.63) is 29.8 Å². The smallest absolute Gasteiger partial charge is 0.251 e. The van der Waals surface area contributed by atoms with Gasteiger partial charge in [0.2, 0.25) is 11.8 Å². The number of halogens is 1. The van der Waals surface area contributed by atoms with Crippen LogP contribution >= 0.6 is 12.4 Å². The second-order valence-corrected chi connectivity index (χ2v) is 11.4. The Hall–Kier alpha value is -2.80. The number of likely N-dealkylation sites (tertiary alicyclic amines) is 1. The minimum atomic E-state index is -0.867. The summed E-state index contributed by atoms with van der Waals surface area (Å²) in [6.45, 7) is 4.82. The number of nitrogens with one attached hydrogen (secondary N) is 2. The van der Waals surface area contributed by atoms with Crippen LogP contribution < -0.4 is 15.4 Å². The number of ether oxygens (including phenoxy) is 1. The van der Waals surface area contributed by atoms with Crippen LogP contribution in [0.4, 0.5) is 0 Å². The van der Waals surface area contributed by atoms with Gasteiger partial charge in [0.15, 0.2) is 0 Å². The van der Waals surface area contributed by atoms with Gasteiger partial charge in [0, 0.05) is 38.7 Å². The van der Waals surface area contributed by atoms with Crippen LogP contribution in [0.3, 0.4) is 0 Å². The summed E-state index contributed by atoms with van der Waals surface area (Å²) >= 11 is 0. The van der Waals surface area contributed by atoms with E-state index in [0.717, 1.165) is 32.1 Å². The Morgan fingerprint density at radius 3 is 2.41 bits per heavy atom. The van der Waals surface area contributed by atoms with Crippen molar-refractivity contribution < 1.29 is 24.2 Å². The molecule has 3 N–H and O–H groups in total. The lowest BCUT2D eigenvalue weighted by Gasteiger charge is -2.52. The highest BCUT2D eigenvalue weighted by molar-refractivity contribution is 6.00. The number of piperazine rings is 1. The van der Waals surface area contributed by atoms with Crippen LogP contribution in [0, 0.1) is 11.8 Å². The first-order valence-corrected chi connectivity index (χ1v) is 14.8. The molecule has 10 heteroatoms. The highest BCUT2D eigenvalue weighted by atomic mass is 35.5. The van der Waals surface area contributed by atoms with Gasteiger partial charge in [-0.3, -0.25) is 19.3 Å². The van der Waals surface area contributed by atoms with E-state index in [4.69, 9.17) is 4.74 Å². The third-order valence-corrected chi connectivity index (χ3v) is 8.68. The number of unbranched alkanes of at least 4 members (excludes halogenated alkanes) is 1. The normalized spacial score (nSPS) is 21.7. The minimum absolute atomic E-state index is 0. The average Bonchev–Trinajstić information content (AvgIpc) is 2.97. The maximum absolute atomic E-state index is 13.7. The maximum Gasteiger partial charge on any atom is 0.251 e. The van der Waals surface area contributed by atoms with E-state index in [2.05, 4.69) is 34.3 Å². The number of nitrogens with zero attached hydrogens (tertiary/aromatic N) is 2. The summed E-state index contributed by atoms with van der Waals surface area (Å²) in [6.07, 6.45) is 7.66. The van der Waals surface area contributed by atoms with Crippen LogP contribution in [0.25, 0.3) is 0 Å². The molecule has 2 saturated heterocycles. The predicted octanol–water partition coefficient (Wildman–Crippen LogP) is 2.90. The molecule has 3 aliphatic rings. The SMILES string of the molecule is CCCCN1C(=O)[C@@H](CC2(O)CCCCC2)NC(=O)C12CCN(CC#CCOc1ccc(C(=O)NC)cc1)CC2.Cl. The molecular weight excluding hydrogens is 544 g/mol. The molecule has 41 heavy (non-hydrogen) atoms. The molecule has 1 saturated carbocycles. The van der Waals surface area contributed by atoms with Crippen molar-refractivity contribution in [2.75, 3.05) is 39.8 Å². The van der Waals surface area contributed by atoms with E-state index in [1.54, 1.807) is 31.3 Å². The topological polar surface area (TPSA) is 111 Å². The summed E-state index contributed by atoms with van der Waals surface area (Å²) in [6, 6.07) is 6.26. The Labute approximate surface area is 250 Å². The zero-order chi connectivity index (χ0) is 28.6. The average molecular weight is 589 g/mol. The van der Waals surface area contributed by atoms with E-state index in [1.807, 2.05) is 4.90 Å².